The second-order valence-electron chi connectivity index (χ2n) is 4.35. The highest BCUT2D eigenvalue weighted by Gasteiger charge is 2.15. The molecule has 0 spiro atoms. The number of carboxylic acid groups (broad SMARTS) is 1. The molecule has 0 aliphatic carbocycles. The standard InChI is InChI=1S/C14H16N2O2/c1-4-16-13(14(17)18)8-12(15-16)11-7-9(2)5-6-10(11)3/h5-8H,4H2,1-3H3,(H,17,18). The maximum Gasteiger partial charge on any atom is 0.354 e. The number of hydrogen-bond acceptors (Lipinski definition) is 2. The van der Waals surface area contributed by atoms with Crippen molar-refractivity contribution in [3.05, 3.63) is 41.1 Å². The molecule has 1 N–H and O–H groups in total. The van der Waals surface area contributed by atoms with Gasteiger partial charge in [-0.3, -0.25) is 4.68 Å². The van der Waals surface area contributed by atoms with Crippen molar-refractivity contribution in [3.63, 3.8) is 0 Å². The lowest BCUT2D eigenvalue weighted by Crippen LogP contribution is -2.08. The molecule has 0 aliphatic heterocycles. The summed E-state index contributed by atoms with van der Waals surface area (Å²) in [5, 5.41) is 13.5. The van der Waals surface area contributed by atoms with Crippen molar-refractivity contribution in [2.75, 3.05) is 0 Å². The Morgan fingerprint density at radius 2 is 2.06 bits per heavy atom. The Morgan fingerprint density at radius 1 is 1.33 bits per heavy atom. The van der Waals surface area contributed by atoms with Crippen molar-refractivity contribution >= 4 is 5.97 Å². The maximum atomic E-state index is 11.1. The fourth-order valence-corrected chi connectivity index (χ4v) is 1.97. The monoisotopic (exact) mass is 244 g/mol. The van der Waals surface area contributed by atoms with Crippen LogP contribution in [0.1, 0.15) is 28.5 Å². The summed E-state index contributed by atoms with van der Waals surface area (Å²) in [6.45, 7) is 6.44. The first-order valence-electron chi connectivity index (χ1n) is 5.91. The molecule has 0 fully saturated rings. The topological polar surface area (TPSA) is 55.1 Å². The van der Waals surface area contributed by atoms with E-state index in [2.05, 4.69) is 5.10 Å². The summed E-state index contributed by atoms with van der Waals surface area (Å²) in [4.78, 5) is 11.1. The Bertz CT molecular complexity index is 600. The van der Waals surface area contributed by atoms with Gasteiger partial charge < -0.3 is 5.11 Å². The molecule has 0 bridgehead atoms. The maximum absolute atomic E-state index is 11.1. The summed E-state index contributed by atoms with van der Waals surface area (Å²) in [6, 6.07) is 7.72. The normalized spacial score (nSPS) is 10.6. The molecule has 0 saturated carbocycles. The van der Waals surface area contributed by atoms with Gasteiger partial charge in [0.05, 0.1) is 5.69 Å². The van der Waals surface area contributed by atoms with Crippen LogP contribution < -0.4 is 0 Å². The third-order valence-corrected chi connectivity index (χ3v) is 2.97. The van der Waals surface area contributed by atoms with E-state index in [0.717, 1.165) is 22.4 Å². The van der Waals surface area contributed by atoms with Crippen molar-refractivity contribution in [1.82, 2.24) is 9.78 Å². The zero-order valence-corrected chi connectivity index (χ0v) is 10.8. The SMILES string of the molecule is CCn1nc(-c2cc(C)ccc2C)cc1C(=O)O. The average Bonchev–Trinajstić information content (AvgIpc) is 2.76. The van der Waals surface area contributed by atoms with Gasteiger partial charge >= 0.3 is 5.97 Å². The number of aromatic nitrogens is 2. The highest BCUT2D eigenvalue weighted by Crippen LogP contribution is 2.24. The van der Waals surface area contributed by atoms with Gasteiger partial charge in [0.1, 0.15) is 5.69 Å². The zero-order valence-electron chi connectivity index (χ0n) is 10.8. The third kappa shape index (κ3) is 2.14. The average molecular weight is 244 g/mol. The van der Waals surface area contributed by atoms with Gasteiger partial charge in [-0.25, -0.2) is 4.79 Å². The lowest BCUT2D eigenvalue weighted by atomic mass is 10.0. The molecule has 0 saturated heterocycles. The molecule has 1 aromatic carbocycles. The quantitative estimate of drug-likeness (QED) is 0.903. The predicted octanol–water partition coefficient (Wildman–Crippen LogP) is 2.89. The Morgan fingerprint density at radius 3 is 2.61 bits per heavy atom. The molecule has 0 aliphatic rings. The number of benzene rings is 1. The molecule has 0 amide bonds. The van der Waals surface area contributed by atoms with Crippen LogP contribution in [0.25, 0.3) is 11.3 Å². The number of aromatic carboxylic acids is 1. The summed E-state index contributed by atoms with van der Waals surface area (Å²) in [5.41, 5.74) is 4.17. The smallest absolute Gasteiger partial charge is 0.354 e. The largest absolute Gasteiger partial charge is 0.477 e. The second-order valence-corrected chi connectivity index (χ2v) is 4.35. The molecule has 1 heterocycles. The van der Waals surface area contributed by atoms with Gasteiger partial charge in [-0.1, -0.05) is 17.7 Å². The Hall–Kier alpha value is -2.10. The van der Waals surface area contributed by atoms with Crippen molar-refractivity contribution in [2.45, 2.75) is 27.3 Å². The van der Waals surface area contributed by atoms with E-state index in [1.54, 1.807) is 6.07 Å². The molecule has 0 radical (unpaired) electrons. The van der Waals surface area contributed by atoms with E-state index >= 15 is 0 Å². The number of aryl methyl sites for hydroxylation is 3. The van der Waals surface area contributed by atoms with Crippen LogP contribution in [0.2, 0.25) is 0 Å². The minimum atomic E-state index is -0.944. The molecular weight excluding hydrogens is 228 g/mol. The predicted molar refractivity (Wildman–Crippen MR) is 69.8 cm³/mol. The minimum Gasteiger partial charge on any atom is -0.477 e. The van der Waals surface area contributed by atoms with Crippen molar-refractivity contribution < 1.29 is 9.90 Å². The van der Waals surface area contributed by atoms with E-state index in [-0.39, 0.29) is 5.69 Å². The van der Waals surface area contributed by atoms with E-state index < -0.39 is 5.97 Å². The van der Waals surface area contributed by atoms with Gasteiger partial charge in [0.25, 0.3) is 0 Å². The highest BCUT2D eigenvalue weighted by atomic mass is 16.4. The lowest BCUT2D eigenvalue weighted by molar-refractivity contribution is 0.0683. The van der Waals surface area contributed by atoms with E-state index in [1.807, 2.05) is 39.0 Å². The first-order valence-corrected chi connectivity index (χ1v) is 5.91. The number of hydrogen-bond donors (Lipinski definition) is 1. The molecule has 0 unspecified atom stereocenters. The Labute approximate surface area is 106 Å². The number of carboxylic acids is 1. The fourth-order valence-electron chi connectivity index (χ4n) is 1.97. The highest BCUT2D eigenvalue weighted by molar-refractivity contribution is 5.87. The summed E-state index contributed by atoms with van der Waals surface area (Å²) in [5.74, 6) is -0.944. The van der Waals surface area contributed by atoms with Gasteiger partial charge in [0.2, 0.25) is 0 Å². The van der Waals surface area contributed by atoms with Gasteiger partial charge in [-0.05, 0) is 38.5 Å². The summed E-state index contributed by atoms with van der Waals surface area (Å²) in [7, 11) is 0. The van der Waals surface area contributed by atoms with Crippen molar-refractivity contribution in [2.24, 2.45) is 0 Å². The number of carbonyl (C=O) groups is 1. The molecule has 0 atom stereocenters. The van der Waals surface area contributed by atoms with Crippen molar-refractivity contribution in [1.29, 1.82) is 0 Å². The number of rotatable bonds is 3. The van der Waals surface area contributed by atoms with Crippen LogP contribution in [0, 0.1) is 13.8 Å². The minimum absolute atomic E-state index is 0.230. The molecule has 4 nitrogen and oxygen atoms in total. The van der Waals surface area contributed by atoms with Crippen LogP contribution in [0.5, 0.6) is 0 Å². The molecule has 2 aromatic rings. The van der Waals surface area contributed by atoms with Crippen molar-refractivity contribution in [3.8, 4) is 11.3 Å². The van der Waals surface area contributed by atoms with Gasteiger partial charge in [-0.2, -0.15) is 5.10 Å². The summed E-state index contributed by atoms with van der Waals surface area (Å²) < 4.78 is 1.51. The van der Waals surface area contributed by atoms with Gasteiger partial charge in [0, 0.05) is 12.1 Å². The number of nitrogens with zero attached hydrogens (tertiary/aromatic N) is 2. The van der Waals surface area contributed by atoms with Gasteiger partial charge in [-0.15, -0.1) is 0 Å². The van der Waals surface area contributed by atoms with E-state index in [4.69, 9.17) is 5.11 Å². The van der Waals surface area contributed by atoms with E-state index in [0.29, 0.717) is 6.54 Å². The summed E-state index contributed by atoms with van der Waals surface area (Å²) >= 11 is 0. The van der Waals surface area contributed by atoms with Crippen LogP contribution in [0.4, 0.5) is 0 Å². The molecule has 2 rings (SSSR count). The Kier molecular flexibility index (Phi) is 3.19. The van der Waals surface area contributed by atoms with Gasteiger partial charge in [0.15, 0.2) is 0 Å². The van der Waals surface area contributed by atoms with Crippen LogP contribution >= 0.6 is 0 Å². The third-order valence-electron chi connectivity index (χ3n) is 2.97. The second kappa shape index (κ2) is 4.64. The zero-order chi connectivity index (χ0) is 13.3. The van der Waals surface area contributed by atoms with Crippen LogP contribution in [0.15, 0.2) is 24.3 Å². The molecule has 1 aromatic heterocycles. The molecule has 94 valence electrons. The van der Waals surface area contributed by atoms with Crippen LogP contribution in [-0.4, -0.2) is 20.9 Å². The first-order chi connectivity index (χ1) is 8.52. The lowest BCUT2D eigenvalue weighted by Gasteiger charge is -2.03. The molecule has 18 heavy (non-hydrogen) atoms. The first kappa shape index (κ1) is 12.4. The van der Waals surface area contributed by atoms with E-state index in [1.165, 1.54) is 4.68 Å². The van der Waals surface area contributed by atoms with E-state index in [9.17, 15) is 4.79 Å². The molecule has 4 heteroatoms. The molecular formula is C14H16N2O2. The van der Waals surface area contributed by atoms with Crippen LogP contribution in [-0.2, 0) is 6.54 Å². The summed E-state index contributed by atoms with van der Waals surface area (Å²) in [6.07, 6.45) is 0. The Balaban J connectivity index is 2.57. The van der Waals surface area contributed by atoms with Crippen LogP contribution in [0.3, 0.4) is 0 Å². The fraction of sp³-hybridized carbons (Fsp3) is 0.286.